The molecule has 2 aliphatic rings. The lowest BCUT2D eigenvalue weighted by atomic mass is 10.0. The Labute approximate surface area is 147 Å². The quantitative estimate of drug-likeness (QED) is 0.900. The van der Waals surface area contributed by atoms with E-state index in [4.69, 9.17) is 0 Å². The zero-order valence-corrected chi connectivity index (χ0v) is 14.2. The minimum atomic E-state index is -0.459. The molecule has 5 nitrogen and oxygen atoms in total. The molecule has 25 heavy (non-hydrogen) atoms. The van der Waals surface area contributed by atoms with E-state index >= 15 is 0 Å². The molecule has 2 fully saturated rings. The van der Waals surface area contributed by atoms with Crippen molar-refractivity contribution < 1.29 is 9.59 Å². The highest BCUT2D eigenvalue weighted by molar-refractivity contribution is 5.99. The number of rotatable bonds is 4. The van der Waals surface area contributed by atoms with E-state index < -0.39 is 6.04 Å². The molecule has 5 heteroatoms. The fourth-order valence-corrected chi connectivity index (χ4v) is 3.59. The Bertz CT molecular complexity index is 764. The molecule has 1 unspecified atom stereocenters. The highest BCUT2D eigenvalue weighted by atomic mass is 16.2. The Hall–Kier alpha value is -2.56. The first-order chi connectivity index (χ1) is 12.2. The maximum atomic E-state index is 13.2. The molecule has 130 valence electrons. The number of aromatic amines is 1. The van der Waals surface area contributed by atoms with Crippen molar-refractivity contribution in [3.63, 3.8) is 0 Å². The van der Waals surface area contributed by atoms with Gasteiger partial charge >= 0.3 is 0 Å². The molecule has 2 amide bonds. The molecule has 1 aromatic carbocycles. The summed E-state index contributed by atoms with van der Waals surface area (Å²) < 4.78 is 0. The minimum absolute atomic E-state index is 0.0267. The molecular weight excluding hydrogens is 314 g/mol. The van der Waals surface area contributed by atoms with Crippen molar-refractivity contribution in [2.75, 3.05) is 13.1 Å². The van der Waals surface area contributed by atoms with Crippen LogP contribution in [0.25, 0.3) is 0 Å². The summed E-state index contributed by atoms with van der Waals surface area (Å²) in [4.78, 5) is 30.9. The first-order valence-corrected chi connectivity index (χ1v) is 9.04. The summed E-state index contributed by atoms with van der Waals surface area (Å²) in [5, 5.41) is 2.95. The number of carbonyl (C=O) groups is 2. The van der Waals surface area contributed by atoms with Gasteiger partial charge in [-0.15, -0.1) is 0 Å². The maximum Gasteiger partial charge on any atom is 0.256 e. The Morgan fingerprint density at radius 2 is 1.96 bits per heavy atom. The molecule has 1 aliphatic heterocycles. The lowest BCUT2D eigenvalue weighted by Crippen LogP contribution is -2.48. The van der Waals surface area contributed by atoms with E-state index in [1.165, 1.54) is 0 Å². The van der Waals surface area contributed by atoms with Crippen LogP contribution in [0, 0.1) is 0 Å². The first-order valence-electron chi connectivity index (χ1n) is 9.04. The van der Waals surface area contributed by atoms with Gasteiger partial charge in [-0.2, -0.15) is 0 Å². The third-order valence-electron chi connectivity index (χ3n) is 5.08. The molecule has 2 aromatic rings. The minimum Gasteiger partial charge on any atom is -0.364 e. The van der Waals surface area contributed by atoms with Crippen LogP contribution in [0.15, 0.2) is 42.6 Å². The first kappa shape index (κ1) is 15.9. The van der Waals surface area contributed by atoms with Crippen LogP contribution in [0.1, 0.15) is 46.8 Å². The molecule has 1 saturated heterocycles. The van der Waals surface area contributed by atoms with Gasteiger partial charge in [-0.1, -0.05) is 30.3 Å². The Morgan fingerprint density at radius 3 is 2.72 bits per heavy atom. The molecule has 4 rings (SSSR count). The molecule has 0 radical (unpaired) electrons. The van der Waals surface area contributed by atoms with E-state index in [1.54, 1.807) is 4.90 Å². The number of nitrogens with zero attached hydrogens (tertiary/aromatic N) is 1. The summed E-state index contributed by atoms with van der Waals surface area (Å²) in [6.45, 7) is 1.22. The number of amides is 2. The fraction of sp³-hybridized carbons (Fsp3) is 0.400. The average molecular weight is 337 g/mol. The van der Waals surface area contributed by atoms with Crippen LogP contribution in [-0.2, 0) is 11.2 Å². The summed E-state index contributed by atoms with van der Waals surface area (Å²) in [6, 6.07) is 11.3. The second kappa shape index (κ2) is 6.75. The fourth-order valence-electron chi connectivity index (χ4n) is 3.59. The molecule has 1 saturated carbocycles. The summed E-state index contributed by atoms with van der Waals surface area (Å²) in [5.41, 5.74) is 2.84. The molecule has 2 N–H and O–H groups in total. The van der Waals surface area contributed by atoms with Gasteiger partial charge in [0.25, 0.3) is 5.91 Å². The van der Waals surface area contributed by atoms with Crippen LogP contribution in [0.5, 0.6) is 0 Å². The maximum absolute atomic E-state index is 13.2. The second-order valence-corrected chi connectivity index (χ2v) is 6.93. The molecule has 0 bridgehead atoms. The standard InChI is InChI=1S/C20H23N3O2/c24-19-17(13-14-5-2-1-3-6-14)23(12-4-10-22-19)20(25)16-9-11-21-18(16)15-7-8-15/h1-3,5-6,9,11,15,17,21H,4,7-8,10,12-13H2,(H,22,24). The average Bonchev–Trinajstić information content (AvgIpc) is 3.39. The van der Waals surface area contributed by atoms with Crippen molar-refractivity contribution in [3.8, 4) is 0 Å². The molecule has 2 heterocycles. The van der Waals surface area contributed by atoms with Crippen LogP contribution in [0.4, 0.5) is 0 Å². The molecule has 1 aromatic heterocycles. The summed E-state index contributed by atoms with van der Waals surface area (Å²) >= 11 is 0. The number of hydrogen-bond donors (Lipinski definition) is 2. The zero-order valence-electron chi connectivity index (χ0n) is 14.2. The van der Waals surface area contributed by atoms with Crippen LogP contribution in [0.2, 0.25) is 0 Å². The molecule has 1 aliphatic carbocycles. The highest BCUT2D eigenvalue weighted by Gasteiger charge is 2.35. The molecule has 0 spiro atoms. The van der Waals surface area contributed by atoms with E-state index in [-0.39, 0.29) is 11.8 Å². The van der Waals surface area contributed by atoms with Gasteiger partial charge < -0.3 is 15.2 Å². The Kier molecular flexibility index (Phi) is 4.30. The SMILES string of the molecule is O=C1NCCCN(C(=O)c2cc[nH]c2C2CC2)C1Cc1ccccc1. The number of carbonyl (C=O) groups excluding carboxylic acids is 2. The number of benzene rings is 1. The van der Waals surface area contributed by atoms with Crippen LogP contribution in [-0.4, -0.2) is 40.8 Å². The predicted octanol–water partition coefficient (Wildman–Crippen LogP) is 2.47. The van der Waals surface area contributed by atoms with Crippen LogP contribution in [0.3, 0.4) is 0 Å². The summed E-state index contributed by atoms with van der Waals surface area (Å²) in [5.74, 6) is 0.390. The van der Waals surface area contributed by atoms with Gasteiger partial charge in [0.15, 0.2) is 0 Å². The van der Waals surface area contributed by atoms with E-state index in [0.29, 0.717) is 25.4 Å². The van der Waals surface area contributed by atoms with Crippen molar-refractivity contribution in [2.45, 2.75) is 37.6 Å². The Morgan fingerprint density at radius 1 is 1.16 bits per heavy atom. The van der Waals surface area contributed by atoms with Crippen molar-refractivity contribution in [2.24, 2.45) is 0 Å². The van der Waals surface area contributed by atoms with Gasteiger partial charge in [-0.25, -0.2) is 0 Å². The van der Waals surface area contributed by atoms with Gasteiger partial charge in [0.1, 0.15) is 6.04 Å². The summed E-state index contributed by atoms with van der Waals surface area (Å²) in [6.07, 6.45) is 5.43. The van der Waals surface area contributed by atoms with E-state index in [2.05, 4.69) is 10.3 Å². The van der Waals surface area contributed by atoms with Crippen LogP contribution >= 0.6 is 0 Å². The van der Waals surface area contributed by atoms with Crippen molar-refractivity contribution in [1.82, 2.24) is 15.2 Å². The monoisotopic (exact) mass is 337 g/mol. The smallest absolute Gasteiger partial charge is 0.256 e. The zero-order chi connectivity index (χ0) is 17.2. The largest absolute Gasteiger partial charge is 0.364 e. The predicted molar refractivity (Wildman–Crippen MR) is 95.4 cm³/mol. The Balaban J connectivity index is 1.62. The normalized spacial score (nSPS) is 20.9. The van der Waals surface area contributed by atoms with E-state index in [1.807, 2.05) is 42.6 Å². The van der Waals surface area contributed by atoms with Gasteiger partial charge in [0.2, 0.25) is 5.91 Å². The lowest BCUT2D eigenvalue weighted by Gasteiger charge is -2.29. The van der Waals surface area contributed by atoms with E-state index in [0.717, 1.165) is 36.1 Å². The van der Waals surface area contributed by atoms with Gasteiger partial charge in [0.05, 0.1) is 5.56 Å². The third kappa shape index (κ3) is 3.31. The highest BCUT2D eigenvalue weighted by Crippen LogP contribution is 2.41. The number of aromatic nitrogens is 1. The molecular formula is C20H23N3O2. The molecule has 1 atom stereocenters. The third-order valence-corrected chi connectivity index (χ3v) is 5.08. The number of H-pyrrole nitrogens is 1. The van der Waals surface area contributed by atoms with Gasteiger partial charge in [-0.3, -0.25) is 9.59 Å². The number of nitrogens with one attached hydrogen (secondary N) is 2. The lowest BCUT2D eigenvalue weighted by molar-refractivity contribution is -0.124. The van der Waals surface area contributed by atoms with Gasteiger partial charge in [-0.05, 0) is 36.8 Å². The van der Waals surface area contributed by atoms with Crippen molar-refractivity contribution in [1.29, 1.82) is 0 Å². The second-order valence-electron chi connectivity index (χ2n) is 6.93. The topological polar surface area (TPSA) is 65.2 Å². The number of hydrogen-bond acceptors (Lipinski definition) is 2. The van der Waals surface area contributed by atoms with Crippen molar-refractivity contribution in [3.05, 3.63) is 59.4 Å². The van der Waals surface area contributed by atoms with Gasteiger partial charge in [0, 0.05) is 31.4 Å². The van der Waals surface area contributed by atoms with E-state index in [9.17, 15) is 9.59 Å². The summed E-state index contributed by atoms with van der Waals surface area (Å²) in [7, 11) is 0. The van der Waals surface area contributed by atoms with Crippen molar-refractivity contribution >= 4 is 11.8 Å². The van der Waals surface area contributed by atoms with Crippen LogP contribution < -0.4 is 5.32 Å².